The van der Waals surface area contributed by atoms with Crippen molar-refractivity contribution in [3.05, 3.63) is 18.2 Å². The SMILES string of the molecule is CC(C)Cc1nsc(Nc2cnn(CC(=O)NCCO)c2)n1. The van der Waals surface area contributed by atoms with Gasteiger partial charge < -0.3 is 15.7 Å². The molecular weight excluding hydrogens is 304 g/mol. The molecule has 3 N–H and O–H groups in total. The second-order valence-electron chi connectivity index (χ2n) is 5.24. The van der Waals surface area contributed by atoms with Crippen LogP contribution in [0.25, 0.3) is 0 Å². The maximum atomic E-state index is 11.5. The van der Waals surface area contributed by atoms with E-state index in [1.54, 1.807) is 12.4 Å². The van der Waals surface area contributed by atoms with E-state index in [9.17, 15) is 4.79 Å². The third kappa shape index (κ3) is 5.08. The van der Waals surface area contributed by atoms with Crippen molar-refractivity contribution in [1.82, 2.24) is 24.5 Å². The number of carbonyl (C=O) groups is 1. The summed E-state index contributed by atoms with van der Waals surface area (Å²) in [7, 11) is 0. The van der Waals surface area contributed by atoms with E-state index >= 15 is 0 Å². The Bertz CT molecular complexity index is 609. The largest absolute Gasteiger partial charge is 0.395 e. The summed E-state index contributed by atoms with van der Waals surface area (Å²) in [5.74, 6) is 1.15. The first-order chi connectivity index (χ1) is 10.6. The molecule has 0 aromatic carbocycles. The van der Waals surface area contributed by atoms with Crippen LogP contribution in [-0.2, 0) is 17.8 Å². The summed E-state index contributed by atoms with van der Waals surface area (Å²) in [4.78, 5) is 15.9. The molecule has 0 atom stereocenters. The lowest BCUT2D eigenvalue weighted by Crippen LogP contribution is -2.30. The fourth-order valence-electron chi connectivity index (χ4n) is 1.79. The average Bonchev–Trinajstić information content (AvgIpc) is 3.06. The Morgan fingerprint density at radius 2 is 2.32 bits per heavy atom. The molecule has 0 aliphatic heterocycles. The number of carbonyl (C=O) groups excluding carboxylic acids is 1. The molecule has 1 amide bonds. The lowest BCUT2D eigenvalue weighted by molar-refractivity contribution is -0.122. The van der Waals surface area contributed by atoms with Gasteiger partial charge in [0.05, 0.1) is 18.5 Å². The van der Waals surface area contributed by atoms with E-state index in [1.807, 2.05) is 0 Å². The van der Waals surface area contributed by atoms with E-state index in [0.29, 0.717) is 11.0 Å². The number of hydrogen-bond acceptors (Lipinski definition) is 7. The zero-order chi connectivity index (χ0) is 15.9. The second kappa shape index (κ2) is 7.85. The van der Waals surface area contributed by atoms with Crippen LogP contribution in [0.4, 0.5) is 10.8 Å². The van der Waals surface area contributed by atoms with Crippen LogP contribution < -0.4 is 10.6 Å². The van der Waals surface area contributed by atoms with Crippen molar-refractivity contribution < 1.29 is 9.90 Å². The number of amides is 1. The Hall–Kier alpha value is -2.00. The number of hydrogen-bond donors (Lipinski definition) is 3. The summed E-state index contributed by atoms with van der Waals surface area (Å²) in [5.41, 5.74) is 0.752. The molecule has 9 heteroatoms. The van der Waals surface area contributed by atoms with Crippen molar-refractivity contribution in [2.75, 3.05) is 18.5 Å². The van der Waals surface area contributed by atoms with Crippen LogP contribution in [0.1, 0.15) is 19.7 Å². The number of rotatable bonds is 8. The van der Waals surface area contributed by atoms with Crippen LogP contribution in [0.3, 0.4) is 0 Å². The zero-order valence-electron chi connectivity index (χ0n) is 12.6. The van der Waals surface area contributed by atoms with E-state index in [1.165, 1.54) is 16.2 Å². The van der Waals surface area contributed by atoms with Crippen molar-refractivity contribution >= 4 is 28.3 Å². The Balaban J connectivity index is 1.89. The zero-order valence-corrected chi connectivity index (χ0v) is 13.4. The van der Waals surface area contributed by atoms with Gasteiger partial charge in [-0.05, 0) is 5.92 Å². The fourth-order valence-corrected chi connectivity index (χ4v) is 2.41. The molecule has 2 aromatic rings. The molecule has 0 saturated carbocycles. The highest BCUT2D eigenvalue weighted by Crippen LogP contribution is 2.19. The topological polar surface area (TPSA) is 105 Å². The first-order valence-corrected chi connectivity index (χ1v) is 7.83. The van der Waals surface area contributed by atoms with Crippen LogP contribution in [0.15, 0.2) is 12.4 Å². The maximum absolute atomic E-state index is 11.5. The Kier molecular flexibility index (Phi) is 5.84. The molecule has 0 fully saturated rings. The Labute approximate surface area is 132 Å². The monoisotopic (exact) mass is 324 g/mol. The predicted octanol–water partition coefficient (Wildman–Crippen LogP) is 0.785. The number of nitrogens with zero attached hydrogens (tertiary/aromatic N) is 4. The highest BCUT2D eigenvalue weighted by Gasteiger charge is 2.08. The lowest BCUT2D eigenvalue weighted by Gasteiger charge is -2.02. The standard InChI is InChI=1S/C13H20N6O2S/c1-9(2)5-11-17-13(22-18-11)16-10-6-15-19(7-10)8-12(21)14-3-4-20/h6-7,9,20H,3-5,8H2,1-2H3,(H,14,21)(H,16,17,18). The first kappa shape index (κ1) is 16.4. The van der Waals surface area contributed by atoms with Gasteiger partial charge in [0, 0.05) is 30.7 Å². The summed E-state index contributed by atoms with van der Waals surface area (Å²) in [6.07, 6.45) is 4.20. The third-order valence-electron chi connectivity index (χ3n) is 2.68. The van der Waals surface area contributed by atoms with Gasteiger partial charge in [0.2, 0.25) is 11.0 Å². The molecule has 0 spiro atoms. The van der Waals surface area contributed by atoms with Gasteiger partial charge in [0.25, 0.3) is 0 Å². The van der Waals surface area contributed by atoms with Crippen LogP contribution in [0.2, 0.25) is 0 Å². The van der Waals surface area contributed by atoms with Crippen LogP contribution >= 0.6 is 11.5 Å². The van der Waals surface area contributed by atoms with Gasteiger partial charge in [-0.3, -0.25) is 9.48 Å². The molecule has 0 unspecified atom stereocenters. The van der Waals surface area contributed by atoms with Gasteiger partial charge in [-0.25, -0.2) is 4.98 Å². The molecule has 0 bridgehead atoms. The van der Waals surface area contributed by atoms with Gasteiger partial charge in [-0.1, -0.05) is 13.8 Å². The smallest absolute Gasteiger partial charge is 0.241 e. The van der Waals surface area contributed by atoms with E-state index in [4.69, 9.17) is 5.11 Å². The van der Waals surface area contributed by atoms with Crippen LogP contribution in [0.5, 0.6) is 0 Å². The average molecular weight is 324 g/mol. The molecule has 22 heavy (non-hydrogen) atoms. The molecule has 120 valence electrons. The fraction of sp³-hybridized carbons (Fsp3) is 0.538. The molecule has 8 nitrogen and oxygen atoms in total. The lowest BCUT2D eigenvalue weighted by atomic mass is 10.1. The number of aliphatic hydroxyl groups excluding tert-OH is 1. The van der Waals surface area contributed by atoms with Crippen molar-refractivity contribution in [3.8, 4) is 0 Å². The van der Waals surface area contributed by atoms with E-state index in [2.05, 4.69) is 38.9 Å². The van der Waals surface area contributed by atoms with E-state index < -0.39 is 0 Å². The maximum Gasteiger partial charge on any atom is 0.241 e. The summed E-state index contributed by atoms with van der Waals surface area (Å²) in [6, 6.07) is 0. The number of nitrogens with one attached hydrogen (secondary N) is 2. The summed E-state index contributed by atoms with van der Waals surface area (Å²) >= 11 is 1.30. The summed E-state index contributed by atoms with van der Waals surface area (Å²) in [6.45, 7) is 4.53. The minimum absolute atomic E-state index is 0.0760. The normalized spacial score (nSPS) is 10.9. The number of aliphatic hydroxyl groups is 1. The molecule has 0 aliphatic carbocycles. The van der Waals surface area contributed by atoms with Crippen molar-refractivity contribution in [1.29, 1.82) is 0 Å². The van der Waals surface area contributed by atoms with Crippen molar-refractivity contribution in [2.45, 2.75) is 26.8 Å². The van der Waals surface area contributed by atoms with Crippen molar-refractivity contribution in [2.24, 2.45) is 5.92 Å². The molecular formula is C13H20N6O2S. The summed E-state index contributed by atoms with van der Waals surface area (Å²) in [5, 5.41) is 19.2. The molecule has 2 heterocycles. The Morgan fingerprint density at radius 3 is 3.05 bits per heavy atom. The van der Waals surface area contributed by atoms with Gasteiger partial charge in [0.1, 0.15) is 12.4 Å². The van der Waals surface area contributed by atoms with Gasteiger partial charge in [-0.15, -0.1) is 0 Å². The molecule has 0 radical (unpaired) electrons. The van der Waals surface area contributed by atoms with E-state index in [0.717, 1.165) is 17.9 Å². The van der Waals surface area contributed by atoms with Gasteiger partial charge >= 0.3 is 0 Å². The molecule has 0 aliphatic rings. The first-order valence-electron chi connectivity index (χ1n) is 7.06. The van der Waals surface area contributed by atoms with Crippen LogP contribution in [-0.4, -0.2) is 43.3 Å². The summed E-state index contributed by atoms with van der Waals surface area (Å²) < 4.78 is 5.81. The highest BCUT2D eigenvalue weighted by molar-refractivity contribution is 7.09. The van der Waals surface area contributed by atoms with Gasteiger partial charge in [0.15, 0.2) is 0 Å². The van der Waals surface area contributed by atoms with E-state index in [-0.39, 0.29) is 25.6 Å². The van der Waals surface area contributed by atoms with Gasteiger partial charge in [-0.2, -0.15) is 9.47 Å². The molecule has 2 rings (SSSR count). The molecule has 0 saturated heterocycles. The quantitative estimate of drug-likeness (QED) is 0.663. The third-order valence-corrected chi connectivity index (χ3v) is 3.35. The predicted molar refractivity (Wildman–Crippen MR) is 84.1 cm³/mol. The minimum atomic E-state index is -0.196. The molecule has 2 aromatic heterocycles. The highest BCUT2D eigenvalue weighted by atomic mass is 32.1. The second-order valence-corrected chi connectivity index (χ2v) is 5.99. The Morgan fingerprint density at radius 1 is 1.50 bits per heavy atom. The number of aromatic nitrogens is 4. The van der Waals surface area contributed by atoms with Crippen molar-refractivity contribution in [3.63, 3.8) is 0 Å². The minimum Gasteiger partial charge on any atom is -0.395 e. The van der Waals surface area contributed by atoms with Crippen LogP contribution in [0, 0.1) is 5.92 Å². The number of anilines is 2.